The summed E-state index contributed by atoms with van der Waals surface area (Å²) in [7, 11) is 1.93. The summed E-state index contributed by atoms with van der Waals surface area (Å²) in [6.45, 7) is 11.4. The molecular formula is C20H25N5O4. The summed E-state index contributed by atoms with van der Waals surface area (Å²) in [6.07, 6.45) is 1.12. The van der Waals surface area contributed by atoms with E-state index < -0.39 is 6.09 Å². The van der Waals surface area contributed by atoms with Gasteiger partial charge in [-0.3, -0.25) is 9.58 Å². The van der Waals surface area contributed by atoms with Gasteiger partial charge in [0.25, 0.3) is 0 Å². The Labute approximate surface area is 168 Å². The molecule has 154 valence electrons. The largest absolute Gasteiger partial charge is 0.492 e. The highest BCUT2D eigenvalue weighted by atomic mass is 16.7. The molecule has 0 aliphatic carbocycles. The molecule has 0 bridgehead atoms. The molecule has 2 atom stereocenters. The molecule has 2 N–H and O–H groups in total. The third-order valence-electron chi connectivity index (χ3n) is 5.72. The maximum Gasteiger partial charge on any atom is 0.434 e. The lowest BCUT2D eigenvalue weighted by molar-refractivity contribution is 0.0773. The number of aromatic nitrogens is 3. The van der Waals surface area contributed by atoms with Gasteiger partial charge in [-0.1, -0.05) is 19.2 Å². The predicted octanol–water partition coefficient (Wildman–Crippen LogP) is 1.44. The van der Waals surface area contributed by atoms with Crippen LogP contribution in [0.1, 0.15) is 11.4 Å². The van der Waals surface area contributed by atoms with E-state index in [0.29, 0.717) is 24.9 Å². The fraction of sp³-hybridized carbons (Fsp3) is 0.400. The predicted molar refractivity (Wildman–Crippen MR) is 106 cm³/mol. The van der Waals surface area contributed by atoms with E-state index in [1.54, 1.807) is 11.0 Å². The van der Waals surface area contributed by atoms with Gasteiger partial charge in [0, 0.05) is 51.9 Å². The third kappa shape index (κ3) is 3.61. The molecule has 0 saturated carbocycles. The van der Waals surface area contributed by atoms with Gasteiger partial charge in [0.2, 0.25) is 11.8 Å². The number of hydrogen-bond acceptors (Lipinski definition) is 6. The lowest BCUT2D eigenvalue weighted by Crippen LogP contribution is -2.37. The van der Waals surface area contributed by atoms with Gasteiger partial charge in [0.05, 0.1) is 11.4 Å². The molecular weight excluding hydrogens is 374 g/mol. The molecule has 4 rings (SSSR count). The molecule has 1 amide bonds. The van der Waals surface area contributed by atoms with Crippen molar-refractivity contribution in [3.63, 3.8) is 0 Å². The highest BCUT2D eigenvalue weighted by Gasteiger charge is 2.42. The van der Waals surface area contributed by atoms with Crippen molar-refractivity contribution in [1.82, 2.24) is 24.3 Å². The van der Waals surface area contributed by atoms with Crippen molar-refractivity contribution in [2.75, 3.05) is 26.2 Å². The molecule has 0 radical (unpaired) electrons. The fourth-order valence-corrected chi connectivity index (χ4v) is 4.14. The van der Waals surface area contributed by atoms with Gasteiger partial charge in [-0.2, -0.15) is 5.10 Å². The first-order valence-corrected chi connectivity index (χ1v) is 9.49. The van der Waals surface area contributed by atoms with Gasteiger partial charge in [0.15, 0.2) is 0 Å². The first-order chi connectivity index (χ1) is 13.9. The number of aryl methyl sites for hydroxylation is 1. The fourth-order valence-electron chi connectivity index (χ4n) is 4.14. The van der Waals surface area contributed by atoms with Crippen LogP contribution < -0.4 is 4.84 Å². The van der Waals surface area contributed by atoms with Crippen molar-refractivity contribution < 1.29 is 19.8 Å². The monoisotopic (exact) mass is 399 g/mol. The Hall–Kier alpha value is -3.20. The van der Waals surface area contributed by atoms with E-state index in [-0.39, 0.29) is 11.8 Å². The minimum absolute atomic E-state index is 0.323. The van der Waals surface area contributed by atoms with E-state index in [4.69, 9.17) is 4.84 Å². The summed E-state index contributed by atoms with van der Waals surface area (Å²) in [5, 5.41) is 23.7. The summed E-state index contributed by atoms with van der Waals surface area (Å²) in [4.78, 5) is 21.5. The van der Waals surface area contributed by atoms with Crippen LogP contribution in [0.4, 0.5) is 4.79 Å². The quantitative estimate of drug-likeness (QED) is 0.739. The summed E-state index contributed by atoms with van der Waals surface area (Å²) < 4.78 is 2.59. The second-order valence-corrected chi connectivity index (χ2v) is 7.69. The van der Waals surface area contributed by atoms with Crippen LogP contribution in [-0.4, -0.2) is 66.8 Å². The number of aromatic hydroxyl groups is 2. The van der Waals surface area contributed by atoms with Crippen LogP contribution in [0.3, 0.4) is 0 Å². The van der Waals surface area contributed by atoms with Gasteiger partial charge >= 0.3 is 6.09 Å². The second-order valence-electron chi connectivity index (χ2n) is 7.69. The Balaban J connectivity index is 1.33. The van der Waals surface area contributed by atoms with Crippen molar-refractivity contribution in [1.29, 1.82) is 0 Å². The minimum atomic E-state index is -0.577. The molecule has 2 fully saturated rings. The standard InChI is InChI=1S/C20H25N5O4/c1-4-13(2)17-7-16(22(3)21-17)12-23-8-14-10-24(11-15(14)9-23)20(28)29-25-18(26)5-6-19(25)27/h4-7,14-15,26-27H,1-2,8-12H2,3H3. The van der Waals surface area contributed by atoms with Gasteiger partial charge in [0.1, 0.15) is 0 Å². The van der Waals surface area contributed by atoms with Crippen molar-refractivity contribution in [3.8, 4) is 11.8 Å². The highest BCUT2D eigenvalue weighted by molar-refractivity contribution is 5.69. The first kappa shape index (κ1) is 19.1. The first-order valence-electron chi connectivity index (χ1n) is 9.49. The number of rotatable bonds is 5. The van der Waals surface area contributed by atoms with E-state index in [1.165, 1.54) is 12.1 Å². The van der Waals surface area contributed by atoms with Crippen LogP contribution in [0, 0.1) is 11.8 Å². The number of hydrogen-bond donors (Lipinski definition) is 2. The minimum Gasteiger partial charge on any atom is -0.492 e. The summed E-state index contributed by atoms with van der Waals surface area (Å²) in [5.41, 5.74) is 2.75. The molecule has 2 aromatic heterocycles. The Morgan fingerprint density at radius 2 is 1.86 bits per heavy atom. The lowest BCUT2D eigenvalue weighted by atomic mass is 10.0. The number of likely N-dealkylation sites (tertiary alicyclic amines) is 2. The zero-order valence-corrected chi connectivity index (χ0v) is 16.4. The maximum atomic E-state index is 12.4. The van der Waals surface area contributed by atoms with E-state index in [1.807, 2.05) is 17.8 Å². The van der Waals surface area contributed by atoms with Crippen molar-refractivity contribution >= 4 is 11.7 Å². The molecule has 2 unspecified atom stereocenters. The molecule has 2 aliphatic rings. The Bertz CT molecular complexity index is 929. The topological polar surface area (TPSA) is 96.0 Å². The lowest BCUT2D eigenvalue weighted by Gasteiger charge is -2.21. The van der Waals surface area contributed by atoms with Gasteiger partial charge < -0.3 is 20.0 Å². The SMILES string of the molecule is C=CC(=C)c1cc(CN2CC3CN(C(=O)On4c(O)ccc4O)CC3C2)n(C)n1. The average Bonchev–Trinajstić information content (AvgIpc) is 3.42. The molecule has 2 saturated heterocycles. The number of carbonyl (C=O) groups is 1. The van der Waals surface area contributed by atoms with Gasteiger partial charge in [-0.05, 0) is 23.5 Å². The van der Waals surface area contributed by atoms with Gasteiger partial charge in [-0.25, -0.2) is 4.79 Å². The van der Waals surface area contributed by atoms with E-state index in [2.05, 4.69) is 23.2 Å². The maximum absolute atomic E-state index is 12.4. The van der Waals surface area contributed by atoms with Crippen molar-refractivity contribution in [2.45, 2.75) is 6.54 Å². The van der Waals surface area contributed by atoms with Crippen LogP contribution in [0.25, 0.3) is 5.57 Å². The average molecular weight is 399 g/mol. The van der Waals surface area contributed by atoms with Crippen LogP contribution in [0.15, 0.2) is 37.4 Å². The van der Waals surface area contributed by atoms with E-state index in [9.17, 15) is 15.0 Å². The van der Waals surface area contributed by atoms with Crippen LogP contribution in [0.5, 0.6) is 11.8 Å². The van der Waals surface area contributed by atoms with Gasteiger partial charge in [-0.15, -0.1) is 4.73 Å². The Morgan fingerprint density at radius 1 is 1.24 bits per heavy atom. The molecule has 9 nitrogen and oxygen atoms in total. The summed E-state index contributed by atoms with van der Waals surface area (Å²) >= 11 is 0. The molecule has 2 aliphatic heterocycles. The molecule has 9 heteroatoms. The highest BCUT2D eigenvalue weighted by Crippen LogP contribution is 2.32. The summed E-state index contributed by atoms with van der Waals surface area (Å²) in [5.74, 6) is 0.0858. The molecule has 4 heterocycles. The number of amides is 1. The third-order valence-corrected chi connectivity index (χ3v) is 5.72. The normalized spacial score (nSPS) is 21.3. The molecule has 0 aromatic carbocycles. The summed E-state index contributed by atoms with van der Waals surface area (Å²) in [6, 6.07) is 4.55. The van der Waals surface area contributed by atoms with Crippen LogP contribution >= 0.6 is 0 Å². The Kier molecular flexibility index (Phi) is 4.83. The number of carbonyl (C=O) groups excluding carboxylic acids is 1. The van der Waals surface area contributed by atoms with Crippen LogP contribution in [-0.2, 0) is 13.6 Å². The number of fused-ring (bicyclic) bond motifs is 1. The number of nitrogens with zero attached hydrogens (tertiary/aromatic N) is 5. The smallest absolute Gasteiger partial charge is 0.434 e. The Morgan fingerprint density at radius 3 is 2.45 bits per heavy atom. The second kappa shape index (κ2) is 7.32. The molecule has 2 aromatic rings. The van der Waals surface area contributed by atoms with Crippen molar-refractivity contribution in [3.05, 3.63) is 48.8 Å². The zero-order chi connectivity index (χ0) is 20.7. The molecule has 29 heavy (non-hydrogen) atoms. The van der Waals surface area contributed by atoms with Crippen LogP contribution in [0.2, 0.25) is 0 Å². The number of allylic oxidation sites excluding steroid dienone is 2. The van der Waals surface area contributed by atoms with Crippen molar-refractivity contribution in [2.24, 2.45) is 18.9 Å². The van der Waals surface area contributed by atoms with E-state index >= 15 is 0 Å². The van der Waals surface area contributed by atoms with E-state index in [0.717, 1.165) is 41.3 Å². The zero-order valence-electron chi connectivity index (χ0n) is 16.4. The molecule has 0 spiro atoms.